The summed E-state index contributed by atoms with van der Waals surface area (Å²) < 4.78 is 41.2. The number of nitrogens with one attached hydrogen (secondary N) is 2. The maximum Gasteiger partial charge on any atom is 0.286 e. The second kappa shape index (κ2) is 8.75. The molecule has 0 aliphatic carbocycles. The molecule has 29 heavy (non-hydrogen) atoms. The standard InChI is InChI=1S/C19H23FN4O4S/c1-23-13-16(29(27,28)24-9-3-2-4-10-24)12-17(23)19(26)22-21-18(25)11-14-5-7-15(20)8-6-14/h5-8,12-13H,2-4,9-11H2,1H3,(H,21,25)(H,22,26). The zero-order chi connectivity index (χ0) is 21.0. The Kier molecular flexibility index (Phi) is 6.33. The minimum Gasteiger partial charge on any atom is -0.345 e. The van der Waals surface area contributed by atoms with Crippen LogP contribution in [-0.2, 0) is 28.3 Å². The van der Waals surface area contributed by atoms with Crippen LogP contribution in [0, 0.1) is 5.82 Å². The van der Waals surface area contributed by atoms with Crippen molar-refractivity contribution in [2.24, 2.45) is 7.05 Å². The number of halogens is 1. The predicted molar refractivity (Wildman–Crippen MR) is 104 cm³/mol. The summed E-state index contributed by atoms with van der Waals surface area (Å²) >= 11 is 0. The number of nitrogens with zero attached hydrogens (tertiary/aromatic N) is 2. The van der Waals surface area contributed by atoms with Crippen LogP contribution in [0.5, 0.6) is 0 Å². The number of hydrogen-bond donors (Lipinski definition) is 2. The number of hydrogen-bond acceptors (Lipinski definition) is 4. The van der Waals surface area contributed by atoms with Crippen LogP contribution in [0.15, 0.2) is 41.4 Å². The van der Waals surface area contributed by atoms with Gasteiger partial charge in [-0.1, -0.05) is 18.6 Å². The quantitative estimate of drug-likeness (QED) is 0.710. The van der Waals surface area contributed by atoms with Gasteiger partial charge in [-0.2, -0.15) is 4.31 Å². The van der Waals surface area contributed by atoms with Crippen molar-refractivity contribution in [1.82, 2.24) is 19.7 Å². The number of carbonyl (C=O) groups excluding carboxylic acids is 2. The van der Waals surface area contributed by atoms with Crippen LogP contribution in [0.25, 0.3) is 0 Å². The highest BCUT2D eigenvalue weighted by atomic mass is 32.2. The zero-order valence-electron chi connectivity index (χ0n) is 16.0. The molecule has 156 valence electrons. The monoisotopic (exact) mass is 422 g/mol. The Labute approximate surface area is 168 Å². The SMILES string of the molecule is Cn1cc(S(=O)(=O)N2CCCCC2)cc1C(=O)NNC(=O)Cc1ccc(F)cc1. The van der Waals surface area contributed by atoms with E-state index >= 15 is 0 Å². The molecule has 1 aliphatic rings. The summed E-state index contributed by atoms with van der Waals surface area (Å²) in [5.41, 5.74) is 5.24. The fraction of sp³-hybridized carbons (Fsp3) is 0.368. The van der Waals surface area contributed by atoms with Gasteiger partial charge in [0.25, 0.3) is 5.91 Å². The molecule has 1 fully saturated rings. The second-order valence-electron chi connectivity index (χ2n) is 6.94. The first-order chi connectivity index (χ1) is 13.8. The van der Waals surface area contributed by atoms with Crippen molar-refractivity contribution >= 4 is 21.8 Å². The van der Waals surface area contributed by atoms with E-state index in [1.807, 2.05) is 0 Å². The number of rotatable bonds is 5. The third kappa shape index (κ3) is 5.01. The fourth-order valence-electron chi connectivity index (χ4n) is 3.18. The fourth-order valence-corrected chi connectivity index (χ4v) is 4.77. The Morgan fingerprint density at radius 3 is 2.38 bits per heavy atom. The van der Waals surface area contributed by atoms with Crippen molar-refractivity contribution in [2.75, 3.05) is 13.1 Å². The largest absolute Gasteiger partial charge is 0.345 e. The van der Waals surface area contributed by atoms with Crippen molar-refractivity contribution in [3.8, 4) is 0 Å². The first-order valence-electron chi connectivity index (χ1n) is 9.27. The number of amides is 2. The Balaban J connectivity index is 1.62. The molecule has 1 aromatic carbocycles. The molecule has 2 amide bonds. The molecule has 0 atom stereocenters. The minimum atomic E-state index is -3.66. The summed E-state index contributed by atoms with van der Waals surface area (Å²) in [5, 5.41) is 0. The van der Waals surface area contributed by atoms with E-state index in [0.717, 1.165) is 19.3 Å². The number of sulfonamides is 1. The molecule has 0 bridgehead atoms. The Bertz CT molecular complexity index is 996. The third-order valence-corrected chi connectivity index (χ3v) is 6.62. The van der Waals surface area contributed by atoms with E-state index < -0.39 is 27.7 Å². The highest BCUT2D eigenvalue weighted by molar-refractivity contribution is 7.89. The molecule has 2 N–H and O–H groups in total. The molecule has 1 saturated heterocycles. The van der Waals surface area contributed by atoms with Crippen LogP contribution in [0.2, 0.25) is 0 Å². The lowest BCUT2D eigenvalue weighted by Crippen LogP contribution is -2.42. The van der Waals surface area contributed by atoms with Gasteiger partial charge in [-0.3, -0.25) is 20.4 Å². The summed E-state index contributed by atoms with van der Waals surface area (Å²) in [5.74, 6) is -1.53. The molecule has 1 aliphatic heterocycles. The number of hydrazine groups is 1. The van der Waals surface area contributed by atoms with Crippen LogP contribution in [0.3, 0.4) is 0 Å². The molecule has 8 nitrogen and oxygen atoms in total. The van der Waals surface area contributed by atoms with Gasteiger partial charge in [0.2, 0.25) is 15.9 Å². The molecule has 2 aromatic rings. The number of piperidine rings is 1. The number of aryl methyl sites for hydroxylation is 1. The molecule has 1 aromatic heterocycles. The maximum atomic E-state index is 12.9. The van der Waals surface area contributed by atoms with Gasteiger partial charge in [0.15, 0.2) is 0 Å². The Hall–Kier alpha value is -2.72. The smallest absolute Gasteiger partial charge is 0.286 e. The van der Waals surface area contributed by atoms with Gasteiger partial charge in [0.1, 0.15) is 16.4 Å². The molecule has 0 saturated carbocycles. The van der Waals surface area contributed by atoms with Crippen molar-refractivity contribution in [1.29, 1.82) is 0 Å². The van der Waals surface area contributed by atoms with E-state index in [-0.39, 0.29) is 17.0 Å². The van der Waals surface area contributed by atoms with Gasteiger partial charge in [-0.25, -0.2) is 12.8 Å². The van der Waals surface area contributed by atoms with Crippen molar-refractivity contribution in [3.63, 3.8) is 0 Å². The maximum absolute atomic E-state index is 12.9. The number of aromatic nitrogens is 1. The summed E-state index contributed by atoms with van der Waals surface area (Å²) in [6.45, 7) is 0.941. The number of benzene rings is 1. The summed E-state index contributed by atoms with van der Waals surface area (Å²) in [6, 6.07) is 6.74. The van der Waals surface area contributed by atoms with Crippen LogP contribution in [-0.4, -0.2) is 42.2 Å². The van der Waals surface area contributed by atoms with Gasteiger partial charge in [-0.15, -0.1) is 0 Å². The summed E-state index contributed by atoms with van der Waals surface area (Å²) in [6.07, 6.45) is 3.99. The van der Waals surface area contributed by atoms with E-state index in [1.165, 1.54) is 45.4 Å². The van der Waals surface area contributed by atoms with Crippen molar-refractivity contribution in [2.45, 2.75) is 30.6 Å². The van der Waals surface area contributed by atoms with Gasteiger partial charge < -0.3 is 4.57 Å². The van der Waals surface area contributed by atoms with Crippen LogP contribution in [0.1, 0.15) is 35.3 Å². The van der Waals surface area contributed by atoms with Crippen molar-refractivity contribution in [3.05, 3.63) is 53.6 Å². The predicted octanol–water partition coefficient (Wildman–Crippen LogP) is 1.34. The Morgan fingerprint density at radius 1 is 1.07 bits per heavy atom. The van der Waals surface area contributed by atoms with Gasteiger partial charge >= 0.3 is 0 Å². The van der Waals surface area contributed by atoms with E-state index in [1.54, 1.807) is 7.05 Å². The van der Waals surface area contributed by atoms with E-state index in [2.05, 4.69) is 10.9 Å². The van der Waals surface area contributed by atoms with Gasteiger partial charge in [0, 0.05) is 26.3 Å². The molecule has 0 unspecified atom stereocenters. The van der Waals surface area contributed by atoms with E-state index in [0.29, 0.717) is 18.7 Å². The zero-order valence-corrected chi connectivity index (χ0v) is 16.8. The molecule has 3 rings (SSSR count). The molecule has 0 radical (unpaired) electrons. The lowest BCUT2D eigenvalue weighted by atomic mass is 10.1. The minimum absolute atomic E-state index is 0.0394. The molecular formula is C19H23FN4O4S. The first kappa shape index (κ1) is 21.0. The van der Waals surface area contributed by atoms with Crippen LogP contribution >= 0.6 is 0 Å². The average Bonchev–Trinajstić information content (AvgIpc) is 3.11. The highest BCUT2D eigenvalue weighted by Crippen LogP contribution is 2.22. The van der Waals surface area contributed by atoms with Gasteiger partial charge in [-0.05, 0) is 36.6 Å². The number of carbonyl (C=O) groups is 2. The molecule has 10 heteroatoms. The highest BCUT2D eigenvalue weighted by Gasteiger charge is 2.28. The van der Waals surface area contributed by atoms with Crippen molar-refractivity contribution < 1.29 is 22.4 Å². The molecular weight excluding hydrogens is 399 g/mol. The third-order valence-electron chi connectivity index (χ3n) is 4.76. The average molecular weight is 422 g/mol. The normalized spacial score (nSPS) is 15.1. The molecule has 2 heterocycles. The first-order valence-corrected chi connectivity index (χ1v) is 10.7. The topological polar surface area (TPSA) is 101 Å². The van der Waals surface area contributed by atoms with E-state index in [9.17, 15) is 22.4 Å². The second-order valence-corrected chi connectivity index (χ2v) is 8.88. The molecule has 0 spiro atoms. The lowest BCUT2D eigenvalue weighted by Gasteiger charge is -2.25. The van der Waals surface area contributed by atoms with Crippen LogP contribution < -0.4 is 10.9 Å². The Morgan fingerprint density at radius 2 is 1.72 bits per heavy atom. The van der Waals surface area contributed by atoms with E-state index in [4.69, 9.17) is 0 Å². The van der Waals surface area contributed by atoms with Crippen LogP contribution in [0.4, 0.5) is 4.39 Å². The summed E-state index contributed by atoms with van der Waals surface area (Å²) in [4.78, 5) is 24.4. The van der Waals surface area contributed by atoms with Gasteiger partial charge in [0.05, 0.1) is 6.42 Å². The lowest BCUT2D eigenvalue weighted by molar-refractivity contribution is -0.121. The summed E-state index contributed by atoms with van der Waals surface area (Å²) in [7, 11) is -2.10.